The van der Waals surface area contributed by atoms with Crippen LogP contribution in [-0.4, -0.2) is 45.2 Å². The minimum Gasteiger partial charge on any atom is -0.394 e. The molecular weight excluding hydrogens is 474 g/mol. The molecule has 0 saturated heterocycles. The normalized spacial score (nSPS) is 15.6. The molecule has 0 bridgehead atoms. The number of nitrogens with two attached hydrogens (primary N) is 1. The minimum absolute atomic E-state index is 0.0586. The number of amides is 2. The first-order chi connectivity index (χ1) is 16.9. The van der Waals surface area contributed by atoms with Crippen LogP contribution in [0.15, 0.2) is 46.4 Å². The number of aliphatic hydroxyl groups excluding tert-OH is 1. The van der Waals surface area contributed by atoms with Gasteiger partial charge in [-0.1, -0.05) is 18.9 Å². The standard InChI is InChI=1S/C22H25N7O5S/c23-20(31)17-11-14(5-7-16(17)13-3-1-2-4-13)24-21(32)18-12-15(29(33)34)6-8-19(18)35-22-25-26-27-28(22)9-10-30/h5-8,11-13,26-27,30H,1-4,9-10H2,(H2,23,31)(H,24,32). The van der Waals surface area contributed by atoms with Crippen molar-refractivity contribution < 1.29 is 19.6 Å². The third kappa shape index (κ3) is 5.53. The fourth-order valence-corrected chi connectivity index (χ4v) is 5.14. The number of β-amino-alcohol motifs (C(OH)–C–C–N with tert-alkyl or cyclic N) is 1. The number of nitrogens with one attached hydrogen (secondary N) is 3. The van der Waals surface area contributed by atoms with Crippen molar-refractivity contribution in [2.45, 2.75) is 36.5 Å². The molecule has 184 valence electrons. The summed E-state index contributed by atoms with van der Waals surface area (Å²) in [4.78, 5) is 36.5. The van der Waals surface area contributed by atoms with E-state index in [0.29, 0.717) is 21.3 Å². The second-order valence-corrected chi connectivity index (χ2v) is 9.14. The number of rotatable bonds is 8. The average molecular weight is 500 g/mol. The number of primary amides is 1. The van der Waals surface area contributed by atoms with E-state index in [1.807, 2.05) is 6.07 Å². The molecule has 2 aromatic carbocycles. The van der Waals surface area contributed by atoms with Crippen molar-refractivity contribution in [3.8, 4) is 0 Å². The van der Waals surface area contributed by atoms with E-state index in [1.165, 1.54) is 23.2 Å². The van der Waals surface area contributed by atoms with Crippen molar-refractivity contribution in [3.63, 3.8) is 0 Å². The van der Waals surface area contributed by atoms with Crippen LogP contribution < -0.4 is 22.1 Å². The summed E-state index contributed by atoms with van der Waals surface area (Å²) < 4.78 is 0. The van der Waals surface area contributed by atoms with Gasteiger partial charge in [-0.15, -0.1) is 10.6 Å². The van der Waals surface area contributed by atoms with Crippen molar-refractivity contribution >= 4 is 40.1 Å². The van der Waals surface area contributed by atoms with E-state index in [1.54, 1.807) is 12.1 Å². The number of nitrogens with zero attached hydrogens (tertiary/aromatic N) is 3. The lowest BCUT2D eigenvalue weighted by Crippen LogP contribution is -2.41. The Kier molecular flexibility index (Phi) is 7.48. The second-order valence-electron chi connectivity index (χ2n) is 8.13. The van der Waals surface area contributed by atoms with Crippen LogP contribution in [0.3, 0.4) is 0 Å². The predicted molar refractivity (Wildman–Crippen MR) is 131 cm³/mol. The van der Waals surface area contributed by atoms with E-state index >= 15 is 0 Å². The van der Waals surface area contributed by atoms with Crippen molar-refractivity contribution in [1.29, 1.82) is 0 Å². The molecule has 2 amide bonds. The number of carbonyl (C=O) groups is 2. The lowest BCUT2D eigenvalue weighted by Gasteiger charge is -2.18. The van der Waals surface area contributed by atoms with Crippen LogP contribution in [0.2, 0.25) is 0 Å². The Morgan fingerprint density at radius 2 is 2.00 bits per heavy atom. The van der Waals surface area contributed by atoms with E-state index < -0.39 is 16.7 Å². The summed E-state index contributed by atoms with van der Waals surface area (Å²) in [6.07, 6.45) is 4.17. The highest BCUT2D eigenvalue weighted by Crippen LogP contribution is 2.37. The number of hydrazone groups is 1. The van der Waals surface area contributed by atoms with Crippen LogP contribution in [0.5, 0.6) is 0 Å². The molecule has 13 heteroatoms. The summed E-state index contributed by atoms with van der Waals surface area (Å²) in [6, 6.07) is 9.02. The van der Waals surface area contributed by atoms with Crippen molar-refractivity contribution in [1.82, 2.24) is 16.1 Å². The fourth-order valence-electron chi connectivity index (χ4n) is 4.21. The molecule has 0 radical (unpaired) electrons. The van der Waals surface area contributed by atoms with E-state index in [2.05, 4.69) is 21.5 Å². The maximum Gasteiger partial charge on any atom is 0.270 e. The summed E-state index contributed by atoms with van der Waals surface area (Å²) in [6.45, 7) is 0.0947. The first-order valence-corrected chi connectivity index (χ1v) is 11.9. The molecule has 4 rings (SSSR count). The Morgan fingerprint density at radius 1 is 1.23 bits per heavy atom. The van der Waals surface area contributed by atoms with Gasteiger partial charge in [-0.3, -0.25) is 24.7 Å². The molecule has 0 aromatic heterocycles. The molecule has 0 spiro atoms. The van der Waals surface area contributed by atoms with Crippen LogP contribution in [0, 0.1) is 10.1 Å². The number of amidine groups is 1. The number of aliphatic hydroxyl groups is 1. The molecule has 2 aliphatic rings. The van der Waals surface area contributed by atoms with Gasteiger partial charge in [0.15, 0.2) is 0 Å². The van der Waals surface area contributed by atoms with E-state index in [4.69, 9.17) is 5.73 Å². The number of hydrogen-bond donors (Lipinski definition) is 5. The van der Waals surface area contributed by atoms with Gasteiger partial charge in [0.1, 0.15) is 0 Å². The van der Waals surface area contributed by atoms with Crippen LogP contribution in [-0.2, 0) is 0 Å². The number of nitro benzene ring substituents is 1. The number of benzene rings is 2. The quantitative estimate of drug-likeness (QED) is 0.269. The smallest absolute Gasteiger partial charge is 0.270 e. The van der Waals surface area contributed by atoms with Crippen LogP contribution in [0.4, 0.5) is 11.4 Å². The van der Waals surface area contributed by atoms with E-state index in [-0.39, 0.29) is 30.3 Å². The fraction of sp³-hybridized carbons (Fsp3) is 0.318. The monoisotopic (exact) mass is 499 g/mol. The third-order valence-electron chi connectivity index (χ3n) is 5.88. The van der Waals surface area contributed by atoms with Gasteiger partial charge in [0.2, 0.25) is 11.1 Å². The molecule has 1 saturated carbocycles. The Hall–Kier alpha value is -3.68. The van der Waals surface area contributed by atoms with Gasteiger partial charge in [0.25, 0.3) is 11.6 Å². The molecule has 12 nitrogen and oxygen atoms in total. The van der Waals surface area contributed by atoms with Crippen LogP contribution in [0.25, 0.3) is 0 Å². The van der Waals surface area contributed by atoms with Crippen molar-refractivity contribution in [3.05, 3.63) is 63.2 Å². The molecule has 2 aromatic rings. The zero-order valence-corrected chi connectivity index (χ0v) is 19.5. The maximum absolute atomic E-state index is 13.2. The topological polar surface area (TPSA) is 175 Å². The number of hydrazine groups is 2. The third-order valence-corrected chi connectivity index (χ3v) is 6.95. The summed E-state index contributed by atoms with van der Waals surface area (Å²) in [5, 5.41) is 29.3. The van der Waals surface area contributed by atoms with E-state index in [0.717, 1.165) is 43.0 Å². The Labute approximate surface area is 205 Å². The van der Waals surface area contributed by atoms with Gasteiger partial charge in [-0.25, -0.2) is 5.53 Å². The maximum atomic E-state index is 13.2. The first-order valence-electron chi connectivity index (χ1n) is 11.1. The summed E-state index contributed by atoms with van der Waals surface area (Å²) >= 11 is 1.09. The van der Waals surface area contributed by atoms with Crippen LogP contribution >= 0.6 is 11.8 Å². The van der Waals surface area contributed by atoms with Gasteiger partial charge < -0.3 is 16.2 Å². The average Bonchev–Trinajstić information content (AvgIpc) is 3.52. The lowest BCUT2D eigenvalue weighted by molar-refractivity contribution is -0.384. The Bertz CT molecular complexity index is 1180. The summed E-state index contributed by atoms with van der Waals surface area (Å²) in [5.74, 6) is -0.899. The summed E-state index contributed by atoms with van der Waals surface area (Å²) in [7, 11) is 0. The molecule has 0 atom stereocenters. The van der Waals surface area contributed by atoms with Gasteiger partial charge in [0.05, 0.1) is 23.6 Å². The highest BCUT2D eigenvalue weighted by Gasteiger charge is 2.25. The van der Waals surface area contributed by atoms with Crippen LogP contribution in [0.1, 0.15) is 57.9 Å². The van der Waals surface area contributed by atoms with E-state index in [9.17, 15) is 24.8 Å². The lowest BCUT2D eigenvalue weighted by atomic mass is 9.92. The number of carbonyl (C=O) groups excluding carboxylic acids is 2. The SMILES string of the molecule is NC(=O)c1cc(NC(=O)c2cc([N+](=O)[O-])ccc2SC2=NNNN2CCO)ccc1C1CCCC1. The highest BCUT2D eigenvalue weighted by molar-refractivity contribution is 8.13. The highest BCUT2D eigenvalue weighted by atomic mass is 32.2. The second kappa shape index (κ2) is 10.7. The molecule has 1 aliphatic carbocycles. The van der Waals surface area contributed by atoms with Gasteiger partial charge >= 0.3 is 0 Å². The molecule has 1 heterocycles. The number of anilines is 1. The van der Waals surface area contributed by atoms with Gasteiger partial charge in [-0.2, -0.15) is 0 Å². The Balaban J connectivity index is 1.62. The van der Waals surface area contributed by atoms with Gasteiger partial charge in [-0.05, 0) is 54.3 Å². The van der Waals surface area contributed by atoms with Crippen molar-refractivity contribution in [2.24, 2.45) is 10.8 Å². The first kappa shape index (κ1) is 24.4. The number of non-ortho nitro benzene ring substituents is 1. The number of thioether (sulfide) groups is 1. The predicted octanol–water partition coefficient (Wildman–Crippen LogP) is 2.28. The Morgan fingerprint density at radius 3 is 2.69 bits per heavy atom. The zero-order valence-electron chi connectivity index (χ0n) is 18.7. The number of nitro groups is 1. The number of hydrogen-bond acceptors (Lipinski definition) is 10. The largest absolute Gasteiger partial charge is 0.394 e. The zero-order chi connectivity index (χ0) is 24.9. The molecular formula is C22H25N7O5S. The van der Waals surface area contributed by atoms with Gasteiger partial charge in [0, 0.05) is 28.3 Å². The molecule has 1 fully saturated rings. The molecule has 35 heavy (non-hydrogen) atoms. The van der Waals surface area contributed by atoms with Crippen molar-refractivity contribution in [2.75, 3.05) is 18.5 Å². The molecule has 1 aliphatic heterocycles. The molecule has 0 unspecified atom stereocenters. The minimum atomic E-state index is -0.589. The summed E-state index contributed by atoms with van der Waals surface area (Å²) in [5.41, 5.74) is 12.3. The molecule has 6 N–H and O–H groups in total.